The summed E-state index contributed by atoms with van der Waals surface area (Å²) >= 11 is 0. The van der Waals surface area contributed by atoms with E-state index in [1.54, 1.807) is 0 Å². The first-order valence-electron chi connectivity index (χ1n) is 5.08. The zero-order valence-corrected chi connectivity index (χ0v) is 8.97. The fourth-order valence-corrected chi connectivity index (χ4v) is 1.21. The van der Waals surface area contributed by atoms with E-state index in [2.05, 4.69) is 27.6 Å². The fourth-order valence-electron chi connectivity index (χ4n) is 1.21. The van der Waals surface area contributed by atoms with Crippen LogP contribution in [0.2, 0.25) is 0 Å². The number of quaternary nitrogens is 1. The van der Waals surface area contributed by atoms with Gasteiger partial charge in [0.05, 0.1) is 26.8 Å². The topological polar surface area (TPSA) is 0 Å². The highest BCUT2D eigenvalue weighted by Gasteiger charge is 2.07. The molecule has 0 N–H and O–H groups in total. The average molecular weight is 170 g/mol. The van der Waals surface area contributed by atoms with Crippen molar-refractivity contribution in [2.75, 3.05) is 20.6 Å². The van der Waals surface area contributed by atoms with Crippen molar-refractivity contribution in [2.45, 2.75) is 39.0 Å². The molecule has 0 aromatic carbocycles. The SMILES string of the molecule is C=C[N+](C)(C)CCCCCCC. The fraction of sp³-hybridized carbons (Fsp3) is 0.818. The smallest absolute Gasteiger partial charge is 0.0881 e. The summed E-state index contributed by atoms with van der Waals surface area (Å²) in [6.07, 6.45) is 8.84. The summed E-state index contributed by atoms with van der Waals surface area (Å²) in [4.78, 5) is 0. The summed E-state index contributed by atoms with van der Waals surface area (Å²) in [7, 11) is 4.40. The van der Waals surface area contributed by atoms with Crippen molar-refractivity contribution in [2.24, 2.45) is 0 Å². The summed E-state index contributed by atoms with van der Waals surface area (Å²) < 4.78 is 0.951. The highest BCUT2D eigenvalue weighted by atomic mass is 15.3. The molecule has 0 aromatic rings. The van der Waals surface area contributed by atoms with Gasteiger partial charge in [-0.2, -0.15) is 0 Å². The van der Waals surface area contributed by atoms with Crippen LogP contribution in [-0.2, 0) is 0 Å². The predicted molar refractivity (Wildman–Crippen MR) is 55.9 cm³/mol. The Balaban J connectivity index is 3.25. The van der Waals surface area contributed by atoms with Gasteiger partial charge in [0.25, 0.3) is 0 Å². The van der Waals surface area contributed by atoms with Crippen molar-refractivity contribution in [3.05, 3.63) is 12.8 Å². The van der Waals surface area contributed by atoms with Crippen LogP contribution in [0.25, 0.3) is 0 Å². The van der Waals surface area contributed by atoms with E-state index >= 15 is 0 Å². The Bertz CT molecular complexity index is 116. The largest absolute Gasteiger partial charge is 0.303 e. The normalized spacial score (nSPS) is 11.6. The third-order valence-electron chi connectivity index (χ3n) is 2.33. The van der Waals surface area contributed by atoms with Crippen molar-refractivity contribution in [3.8, 4) is 0 Å². The van der Waals surface area contributed by atoms with Gasteiger partial charge >= 0.3 is 0 Å². The lowest BCUT2D eigenvalue weighted by molar-refractivity contribution is -0.838. The zero-order valence-electron chi connectivity index (χ0n) is 8.97. The number of nitrogens with zero attached hydrogens (tertiary/aromatic N) is 1. The Morgan fingerprint density at radius 2 is 1.67 bits per heavy atom. The third-order valence-corrected chi connectivity index (χ3v) is 2.33. The summed E-state index contributed by atoms with van der Waals surface area (Å²) in [6.45, 7) is 7.30. The van der Waals surface area contributed by atoms with Crippen LogP contribution < -0.4 is 0 Å². The average Bonchev–Trinajstić information content (AvgIpc) is 2.04. The lowest BCUT2D eigenvalue weighted by Gasteiger charge is -2.24. The molecular weight excluding hydrogens is 146 g/mol. The van der Waals surface area contributed by atoms with Gasteiger partial charge in [0.1, 0.15) is 0 Å². The van der Waals surface area contributed by atoms with Crippen LogP contribution in [0.15, 0.2) is 12.8 Å². The third kappa shape index (κ3) is 6.41. The minimum absolute atomic E-state index is 0.951. The van der Waals surface area contributed by atoms with E-state index in [1.165, 1.54) is 38.6 Å². The Hall–Kier alpha value is -0.300. The summed E-state index contributed by atoms with van der Waals surface area (Å²) in [6, 6.07) is 0. The van der Waals surface area contributed by atoms with E-state index < -0.39 is 0 Å². The quantitative estimate of drug-likeness (QED) is 0.406. The van der Waals surface area contributed by atoms with Gasteiger partial charge in [-0.15, -0.1) is 0 Å². The molecule has 0 aromatic heterocycles. The van der Waals surface area contributed by atoms with Crippen LogP contribution in [0.1, 0.15) is 39.0 Å². The molecule has 0 atom stereocenters. The number of rotatable bonds is 7. The maximum atomic E-state index is 3.82. The van der Waals surface area contributed by atoms with Crippen molar-refractivity contribution in [3.63, 3.8) is 0 Å². The van der Waals surface area contributed by atoms with Crippen LogP contribution in [0.4, 0.5) is 0 Å². The van der Waals surface area contributed by atoms with E-state index in [1.807, 2.05) is 6.20 Å². The Kier molecular flexibility index (Phi) is 6.09. The second-order valence-corrected chi connectivity index (χ2v) is 4.10. The minimum atomic E-state index is 0.951. The first kappa shape index (κ1) is 11.7. The van der Waals surface area contributed by atoms with Gasteiger partial charge in [-0.25, -0.2) is 0 Å². The Morgan fingerprint density at radius 3 is 2.17 bits per heavy atom. The highest BCUT2D eigenvalue weighted by Crippen LogP contribution is 2.06. The van der Waals surface area contributed by atoms with E-state index in [4.69, 9.17) is 0 Å². The zero-order chi connectivity index (χ0) is 9.45. The molecule has 0 saturated heterocycles. The van der Waals surface area contributed by atoms with Crippen LogP contribution in [0, 0.1) is 0 Å². The molecule has 1 heteroatoms. The van der Waals surface area contributed by atoms with E-state index in [0.29, 0.717) is 0 Å². The van der Waals surface area contributed by atoms with Crippen LogP contribution in [-0.4, -0.2) is 25.1 Å². The van der Waals surface area contributed by atoms with Crippen molar-refractivity contribution >= 4 is 0 Å². The van der Waals surface area contributed by atoms with Crippen molar-refractivity contribution in [1.29, 1.82) is 0 Å². The molecule has 72 valence electrons. The molecule has 0 heterocycles. The van der Waals surface area contributed by atoms with Gasteiger partial charge in [0.2, 0.25) is 0 Å². The van der Waals surface area contributed by atoms with E-state index in [0.717, 1.165) is 4.48 Å². The van der Waals surface area contributed by atoms with Crippen molar-refractivity contribution in [1.82, 2.24) is 0 Å². The molecule has 0 amide bonds. The molecular formula is C11H24N+. The molecule has 12 heavy (non-hydrogen) atoms. The standard InChI is InChI=1S/C11H24N/c1-5-7-8-9-10-11-12(3,4)6-2/h6H,2,5,7-11H2,1,3-4H3/q+1. The Morgan fingerprint density at radius 1 is 1.08 bits per heavy atom. The maximum Gasteiger partial charge on any atom is 0.0881 e. The van der Waals surface area contributed by atoms with E-state index in [9.17, 15) is 0 Å². The summed E-state index contributed by atoms with van der Waals surface area (Å²) in [5.74, 6) is 0. The second kappa shape index (κ2) is 6.24. The molecule has 0 spiro atoms. The van der Waals surface area contributed by atoms with Crippen LogP contribution in [0.3, 0.4) is 0 Å². The molecule has 0 aliphatic rings. The molecule has 1 nitrogen and oxygen atoms in total. The summed E-state index contributed by atoms with van der Waals surface area (Å²) in [5, 5.41) is 0. The van der Waals surface area contributed by atoms with Gasteiger partial charge in [0, 0.05) is 0 Å². The molecule has 0 saturated carbocycles. The molecule has 0 aliphatic carbocycles. The Labute approximate surface area is 77.7 Å². The molecule has 0 aliphatic heterocycles. The highest BCUT2D eigenvalue weighted by molar-refractivity contribution is 4.52. The van der Waals surface area contributed by atoms with Gasteiger partial charge in [-0.3, -0.25) is 0 Å². The molecule has 0 rings (SSSR count). The van der Waals surface area contributed by atoms with Gasteiger partial charge in [-0.1, -0.05) is 26.2 Å². The van der Waals surface area contributed by atoms with Gasteiger partial charge in [-0.05, 0) is 19.4 Å². The molecule has 0 unspecified atom stereocenters. The monoisotopic (exact) mass is 170 g/mol. The van der Waals surface area contributed by atoms with Crippen LogP contribution >= 0.6 is 0 Å². The maximum absolute atomic E-state index is 3.82. The lowest BCUT2D eigenvalue weighted by Crippen LogP contribution is -2.33. The predicted octanol–water partition coefficient (Wildman–Crippen LogP) is 3.18. The van der Waals surface area contributed by atoms with E-state index in [-0.39, 0.29) is 0 Å². The molecule has 0 fully saturated rings. The number of unbranched alkanes of at least 4 members (excludes halogenated alkanes) is 4. The first-order valence-corrected chi connectivity index (χ1v) is 5.08. The van der Waals surface area contributed by atoms with Gasteiger partial charge < -0.3 is 4.48 Å². The van der Waals surface area contributed by atoms with Gasteiger partial charge in [0.15, 0.2) is 0 Å². The lowest BCUT2D eigenvalue weighted by atomic mass is 10.1. The van der Waals surface area contributed by atoms with Crippen LogP contribution in [0.5, 0.6) is 0 Å². The molecule has 0 bridgehead atoms. The second-order valence-electron chi connectivity index (χ2n) is 4.10. The first-order chi connectivity index (χ1) is 5.62. The summed E-state index contributed by atoms with van der Waals surface area (Å²) in [5.41, 5.74) is 0. The number of hydrogen-bond donors (Lipinski definition) is 0. The van der Waals surface area contributed by atoms with Crippen molar-refractivity contribution < 1.29 is 4.48 Å². The minimum Gasteiger partial charge on any atom is -0.303 e. The number of hydrogen-bond acceptors (Lipinski definition) is 0. The molecule has 0 radical (unpaired) electrons.